The SMILES string of the molecule is c1cncc(-c2nc3ccc4ncc(N5CCOCC5)nc4c3o2)c1. The van der Waals surface area contributed by atoms with E-state index in [0.29, 0.717) is 24.7 Å². The largest absolute Gasteiger partial charge is 0.434 e. The lowest BCUT2D eigenvalue weighted by atomic mass is 10.2. The smallest absolute Gasteiger partial charge is 0.228 e. The first-order chi connectivity index (χ1) is 12.4. The molecule has 0 unspecified atom stereocenters. The number of benzene rings is 1. The van der Waals surface area contributed by atoms with E-state index in [1.807, 2.05) is 24.3 Å². The van der Waals surface area contributed by atoms with Gasteiger partial charge in [0.25, 0.3) is 0 Å². The summed E-state index contributed by atoms with van der Waals surface area (Å²) in [5.41, 5.74) is 3.77. The molecule has 0 bridgehead atoms. The molecular formula is C18H15N5O2. The molecule has 4 heterocycles. The summed E-state index contributed by atoms with van der Waals surface area (Å²) in [6.07, 6.45) is 5.26. The molecule has 3 aromatic heterocycles. The highest BCUT2D eigenvalue weighted by Gasteiger charge is 2.17. The van der Waals surface area contributed by atoms with Crippen molar-refractivity contribution in [1.29, 1.82) is 0 Å². The number of pyridine rings is 1. The van der Waals surface area contributed by atoms with Crippen molar-refractivity contribution >= 4 is 28.0 Å². The minimum atomic E-state index is 0.536. The van der Waals surface area contributed by atoms with Crippen LogP contribution in [0.4, 0.5) is 5.82 Å². The maximum absolute atomic E-state index is 6.01. The maximum atomic E-state index is 6.01. The first kappa shape index (κ1) is 14.3. The fourth-order valence-electron chi connectivity index (χ4n) is 3.01. The molecular weight excluding hydrogens is 318 g/mol. The molecule has 124 valence electrons. The van der Waals surface area contributed by atoms with Crippen LogP contribution in [0.2, 0.25) is 0 Å². The Balaban J connectivity index is 1.66. The minimum absolute atomic E-state index is 0.536. The Morgan fingerprint density at radius 1 is 0.960 bits per heavy atom. The van der Waals surface area contributed by atoms with Crippen LogP contribution in [0.1, 0.15) is 0 Å². The second-order valence-electron chi connectivity index (χ2n) is 5.87. The van der Waals surface area contributed by atoms with Crippen molar-refractivity contribution < 1.29 is 9.15 Å². The summed E-state index contributed by atoms with van der Waals surface area (Å²) < 4.78 is 11.4. The van der Waals surface area contributed by atoms with Crippen LogP contribution >= 0.6 is 0 Å². The van der Waals surface area contributed by atoms with Gasteiger partial charge in [-0.1, -0.05) is 0 Å². The molecule has 0 atom stereocenters. The molecule has 1 aromatic carbocycles. The number of morpholine rings is 1. The Labute approximate surface area is 143 Å². The topological polar surface area (TPSA) is 77.2 Å². The van der Waals surface area contributed by atoms with Gasteiger partial charge in [0, 0.05) is 25.5 Å². The van der Waals surface area contributed by atoms with Gasteiger partial charge < -0.3 is 14.1 Å². The maximum Gasteiger partial charge on any atom is 0.228 e. The number of anilines is 1. The molecule has 0 saturated carbocycles. The summed E-state index contributed by atoms with van der Waals surface area (Å²) in [5, 5.41) is 0. The summed E-state index contributed by atoms with van der Waals surface area (Å²) in [7, 11) is 0. The molecule has 1 aliphatic heterocycles. The zero-order valence-corrected chi connectivity index (χ0v) is 13.4. The third-order valence-electron chi connectivity index (χ3n) is 4.30. The molecule has 0 spiro atoms. The van der Waals surface area contributed by atoms with Crippen LogP contribution in [-0.4, -0.2) is 46.2 Å². The zero-order chi connectivity index (χ0) is 16.6. The van der Waals surface area contributed by atoms with Crippen LogP contribution < -0.4 is 4.90 Å². The first-order valence-electron chi connectivity index (χ1n) is 8.18. The molecule has 5 rings (SSSR count). The Bertz CT molecular complexity index is 1040. The lowest BCUT2D eigenvalue weighted by Gasteiger charge is -2.27. The molecule has 1 saturated heterocycles. The molecule has 25 heavy (non-hydrogen) atoms. The van der Waals surface area contributed by atoms with E-state index in [1.165, 1.54) is 0 Å². The van der Waals surface area contributed by atoms with Gasteiger partial charge in [-0.05, 0) is 24.3 Å². The molecule has 0 aliphatic carbocycles. The van der Waals surface area contributed by atoms with Gasteiger partial charge in [0.2, 0.25) is 5.89 Å². The van der Waals surface area contributed by atoms with E-state index in [1.54, 1.807) is 18.6 Å². The average molecular weight is 333 g/mol. The lowest BCUT2D eigenvalue weighted by molar-refractivity contribution is 0.122. The molecule has 0 radical (unpaired) electrons. The minimum Gasteiger partial charge on any atom is -0.434 e. The second-order valence-corrected chi connectivity index (χ2v) is 5.87. The fraction of sp³-hybridized carbons (Fsp3) is 0.222. The van der Waals surface area contributed by atoms with E-state index >= 15 is 0 Å². The van der Waals surface area contributed by atoms with E-state index in [4.69, 9.17) is 14.1 Å². The van der Waals surface area contributed by atoms with Crippen LogP contribution in [0.15, 0.2) is 47.3 Å². The number of ether oxygens (including phenoxy) is 1. The van der Waals surface area contributed by atoms with Gasteiger partial charge in [-0.25, -0.2) is 9.97 Å². The monoisotopic (exact) mass is 333 g/mol. The number of hydrogen-bond donors (Lipinski definition) is 0. The van der Waals surface area contributed by atoms with E-state index < -0.39 is 0 Å². The van der Waals surface area contributed by atoms with Crippen LogP contribution in [0.3, 0.4) is 0 Å². The van der Waals surface area contributed by atoms with Gasteiger partial charge >= 0.3 is 0 Å². The highest BCUT2D eigenvalue weighted by Crippen LogP contribution is 2.29. The zero-order valence-electron chi connectivity index (χ0n) is 13.4. The van der Waals surface area contributed by atoms with E-state index in [0.717, 1.165) is 41.0 Å². The van der Waals surface area contributed by atoms with Crippen molar-refractivity contribution in [2.45, 2.75) is 0 Å². The third kappa shape index (κ3) is 2.49. The molecule has 1 fully saturated rings. The molecule has 7 heteroatoms. The highest BCUT2D eigenvalue weighted by molar-refractivity contribution is 5.99. The Morgan fingerprint density at radius 2 is 1.84 bits per heavy atom. The van der Waals surface area contributed by atoms with Crippen molar-refractivity contribution in [1.82, 2.24) is 19.9 Å². The summed E-state index contributed by atoms with van der Waals surface area (Å²) >= 11 is 0. The van der Waals surface area contributed by atoms with Crippen molar-refractivity contribution in [2.24, 2.45) is 0 Å². The van der Waals surface area contributed by atoms with E-state index in [2.05, 4.69) is 19.9 Å². The summed E-state index contributed by atoms with van der Waals surface area (Å²) in [4.78, 5) is 20.2. The average Bonchev–Trinajstić information content (AvgIpc) is 3.14. The second kappa shape index (κ2) is 5.78. The number of oxazole rings is 1. The normalized spacial score (nSPS) is 15.1. The number of hydrogen-bond acceptors (Lipinski definition) is 7. The van der Waals surface area contributed by atoms with Crippen molar-refractivity contribution in [2.75, 3.05) is 31.2 Å². The molecule has 0 amide bonds. The highest BCUT2D eigenvalue weighted by atomic mass is 16.5. The summed E-state index contributed by atoms with van der Waals surface area (Å²) in [5.74, 6) is 1.37. The van der Waals surface area contributed by atoms with Gasteiger partial charge in [0.15, 0.2) is 5.58 Å². The number of fused-ring (bicyclic) bond motifs is 3. The molecule has 7 nitrogen and oxygen atoms in total. The molecule has 1 aliphatic rings. The third-order valence-corrected chi connectivity index (χ3v) is 4.30. The van der Waals surface area contributed by atoms with Gasteiger partial charge in [0.05, 0.1) is 30.5 Å². The fourth-order valence-corrected chi connectivity index (χ4v) is 3.01. The van der Waals surface area contributed by atoms with Crippen LogP contribution in [0, 0.1) is 0 Å². The molecule has 4 aromatic rings. The van der Waals surface area contributed by atoms with E-state index in [9.17, 15) is 0 Å². The van der Waals surface area contributed by atoms with Crippen LogP contribution in [0.5, 0.6) is 0 Å². The Kier molecular flexibility index (Phi) is 3.31. The lowest BCUT2D eigenvalue weighted by Crippen LogP contribution is -2.36. The molecule has 0 N–H and O–H groups in total. The van der Waals surface area contributed by atoms with Crippen molar-refractivity contribution in [3.05, 3.63) is 42.9 Å². The van der Waals surface area contributed by atoms with Crippen LogP contribution in [0.25, 0.3) is 33.6 Å². The predicted octanol–water partition coefficient (Wildman–Crippen LogP) is 2.67. The number of nitrogens with zero attached hydrogens (tertiary/aromatic N) is 5. The summed E-state index contributed by atoms with van der Waals surface area (Å²) in [6, 6.07) is 7.61. The van der Waals surface area contributed by atoms with Crippen LogP contribution in [-0.2, 0) is 4.74 Å². The van der Waals surface area contributed by atoms with Crippen molar-refractivity contribution in [3.63, 3.8) is 0 Å². The quantitative estimate of drug-likeness (QED) is 0.558. The van der Waals surface area contributed by atoms with Gasteiger partial charge in [0.1, 0.15) is 16.9 Å². The van der Waals surface area contributed by atoms with E-state index in [-0.39, 0.29) is 0 Å². The van der Waals surface area contributed by atoms with Gasteiger partial charge in [-0.15, -0.1) is 0 Å². The standard InChI is InChI=1S/C18H15N5O2/c1-2-12(10-19-5-1)18-21-14-4-3-13-16(17(14)25-18)22-15(11-20-13)23-6-8-24-9-7-23/h1-5,10-11H,6-9H2. The summed E-state index contributed by atoms with van der Waals surface area (Å²) in [6.45, 7) is 3.04. The first-order valence-corrected chi connectivity index (χ1v) is 8.18. The van der Waals surface area contributed by atoms with Crippen molar-refractivity contribution in [3.8, 4) is 11.5 Å². The Morgan fingerprint density at radius 3 is 2.68 bits per heavy atom. The number of aromatic nitrogens is 4. The van der Waals surface area contributed by atoms with Gasteiger partial charge in [-0.3, -0.25) is 9.97 Å². The predicted molar refractivity (Wildman–Crippen MR) is 93.4 cm³/mol. The number of rotatable bonds is 2. The Hall–Kier alpha value is -3.06. The van der Waals surface area contributed by atoms with Gasteiger partial charge in [-0.2, -0.15) is 0 Å².